The lowest BCUT2D eigenvalue weighted by Crippen LogP contribution is -2.30. The molecular formula is C11H14N4O2S. The molecule has 1 amide bonds. The molecule has 0 bridgehead atoms. The van der Waals surface area contributed by atoms with E-state index in [0.29, 0.717) is 0 Å². The Morgan fingerprint density at radius 1 is 1.50 bits per heavy atom. The Hall–Kier alpha value is -1.89. The third kappa shape index (κ3) is 2.21. The SMILES string of the molecule is Cc1ccc(C(C)N(C)C(=O)c2nonc2N)s1. The lowest BCUT2D eigenvalue weighted by atomic mass is 10.2. The van der Waals surface area contributed by atoms with Crippen molar-refractivity contribution < 1.29 is 9.42 Å². The second-order valence-corrected chi connectivity index (χ2v) is 5.36. The predicted octanol–water partition coefficient (Wildman–Crippen LogP) is 1.85. The van der Waals surface area contributed by atoms with Crippen LogP contribution in [0.2, 0.25) is 0 Å². The van der Waals surface area contributed by atoms with Crippen molar-refractivity contribution in [2.24, 2.45) is 0 Å². The van der Waals surface area contributed by atoms with Gasteiger partial charge in [0.25, 0.3) is 5.91 Å². The van der Waals surface area contributed by atoms with Crippen molar-refractivity contribution in [1.29, 1.82) is 0 Å². The van der Waals surface area contributed by atoms with E-state index in [1.807, 2.05) is 26.0 Å². The molecule has 0 aliphatic carbocycles. The van der Waals surface area contributed by atoms with Crippen molar-refractivity contribution in [2.45, 2.75) is 19.9 Å². The summed E-state index contributed by atoms with van der Waals surface area (Å²) in [4.78, 5) is 16.0. The van der Waals surface area contributed by atoms with Crippen molar-refractivity contribution in [3.63, 3.8) is 0 Å². The number of aryl methyl sites for hydroxylation is 1. The quantitative estimate of drug-likeness (QED) is 0.916. The fraction of sp³-hybridized carbons (Fsp3) is 0.364. The Labute approximate surface area is 108 Å². The number of nitrogens with two attached hydrogens (primary N) is 1. The summed E-state index contributed by atoms with van der Waals surface area (Å²) in [6, 6.07) is 3.99. The van der Waals surface area contributed by atoms with Gasteiger partial charge in [0.15, 0.2) is 0 Å². The van der Waals surface area contributed by atoms with Crippen LogP contribution in [0, 0.1) is 6.92 Å². The summed E-state index contributed by atoms with van der Waals surface area (Å²) in [5.41, 5.74) is 5.56. The van der Waals surface area contributed by atoms with Crippen LogP contribution in [0.5, 0.6) is 0 Å². The Balaban J connectivity index is 2.19. The van der Waals surface area contributed by atoms with Crippen molar-refractivity contribution >= 4 is 23.1 Å². The fourth-order valence-electron chi connectivity index (χ4n) is 1.56. The largest absolute Gasteiger partial charge is 0.379 e. The predicted molar refractivity (Wildman–Crippen MR) is 68.3 cm³/mol. The zero-order valence-corrected chi connectivity index (χ0v) is 11.2. The molecule has 2 heterocycles. The molecule has 0 spiro atoms. The zero-order chi connectivity index (χ0) is 13.3. The molecule has 6 nitrogen and oxygen atoms in total. The highest BCUT2D eigenvalue weighted by atomic mass is 32.1. The van der Waals surface area contributed by atoms with Gasteiger partial charge in [-0.05, 0) is 36.3 Å². The van der Waals surface area contributed by atoms with Crippen LogP contribution in [0.25, 0.3) is 0 Å². The molecule has 0 fully saturated rings. The van der Waals surface area contributed by atoms with Crippen molar-refractivity contribution in [3.8, 4) is 0 Å². The molecule has 2 rings (SSSR count). The first-order valence-corrected chi connectivity index (χ1v) is 6.24. The van der Waals surface area contributed by atoms with Gasteiger partial charge in [0.2, 0.25) is 11.5 Å². The number of amides is 1. The second-order valence-electron chi connectivity index (χ2n) is 4.04. The third-order valence-electron chi connectivity index (χ3n) is 2.79. The molecule has 0 aromatic carbocycles. The van der Waals surface area contributed by atoms with Crippen molar-refractivity contribution in [3.05, 3.63) is 27.6 Å². The molecule has 1 atom stereocenters. The maximum Gasteiger partial charge on any atom is 0.280 e. The highest BCUT2D eigenvalue weighted by Gasteiger charge is 2.25. The number of nitrogens with zero attached hydrogens (tertiary/aromatic N) is 3. The van der Waals surface area contributed by atoms with Gasteiger partial charge in [0.1, 0.15) is 0 Å². The molecule has 0 radical (unpaired) electrons. The van der Waals surface area contributed by atoms with E-state index in [9.17, 15) is 4.79 Å². The molecule has 2 aromatic rings. The lowest BCUT2D eigenvalue weighted by Gasteiger charge is -2.22. The molecule has 2 N–H and O–H groups in total. The monoisotopic (exact) mass is 266 g/mol. The first-order valence-electron chi connectivity index (χ1n) is 5.42. The van der Waals surface area contributed by atoms with E-state index in [1.54, 1.807) is 23.3 Å². The van der Waals surface area contributed by atoms with E-state index in [1.165, 1.54) is 4.88 Å². The van der Waals surface area contributed by atoms with Crippen LogP contribution in [0.3, 0.4) is 0 Å². The Kier molecular flexibility index (Phi) is 3.33. The summed E-state index contributed by atoms with van der Waals surface area (Å²) in [5.74, 6) is -0.284. The normalized spacial score (nSPS) is 12.4. The van der Waals surface area contributed by atoms with E-state index < -0.39 is 0 Å². The number of carbonyl (C=O) groups excluding carboxylic acids is 1. The molecule has 1 unspecified atom stereocenters. The van der Waals surface area contributed by atoms with Gasteiger partial charge >= 0.3 is 0 Å². The fourth-order valence-corrected chi connectivity index (χ4v) is 2.53. The summed E-state index contributed by atoms with van der Waals surface area (Å²) >= 11 is 1.66. The van der Waals surface area contributed by atoms with Crippen LogP contribution in [-0.2, 0) is 0 Å². The van der Waals surface area contributed by atoms with Crippen LogP contribution in [0.15, 0.2) is 16.8 Å². The molecule has 0 aliphatic heterocycles. The number of hydrogen-bond acceptors (Lipinski definition) is 6. The first-order chi connectivity index (χ1) is 8.50. The standard InChI is InChI=1S/C11H14N4O2S/c1-6-4-5-8(18-6)7(2)15(3)11(16)9-10(12)14-17-13-9/h4-5,7H,1-3H3,(H2,12,14). The number of anilines is 1. The Bertz CT molecular complexity index is 563. The second kappa shape index (κ2) is 4.77. The molecule has 0 aliphatic rings. The van der Waals surface area contributed by atoms with Gasteiger partial charge in [-0.15, -0.1) is 11.3 Å². The summed E-state index contributed by atoms with van der Waals surface area (Å²) in [5, 5.41) is 6.92. The van der Waals surface area contributed by atoms with Gasteiger partial charge in [0.05, 0.1) is 6.04 Å². The smallest absolute Gasteiger partial charge is 0.280 e. The number of hydrogen-bond donors (Lipinski definition) is 1. The number of rotatable bonds is 3. The Morgan fingerprint density at radius 2 is 2.22 bits per heavy atom. The van der Waals surface area contributed by atoms with Crippen LogP contribution >= 0.6 is 11.3 Å². The molecule has 0 saturated carbocycles. The minimum absolute atomic E-state index is 0.0152. The van der Waals surface area contributed by atoms with Gasteiger partial charge in [-0.25, -0.2) is 4.63 Å². The van der Waals surface area contributed by atoms with Gasteiger partial charge < -0.3 is 10.6 Å². The summed E-state index contributed by atoms with van der Waals surface area (Å²) in [7, 11) is 1.70. The maximum atomic E-state index is 12.1. The summed E-state index contributed by atoms with van der Waals surface area (Å²) < 4.78 is 4.44. The van der Waals surface area contributed by atoms with E-state index >= 15 is 0 Å². The molecule has 7 heteroatoms. The Morgan fingerprint density at radius 3 is 2.72 bits per heavy atom. The minimum atomic E-state index is -0.299. The van der Waals surface area contributed by atoms with Crippen molar-refractivity contribution in [2.75, 3.05) is 12.8 Å². The van der Waals surface area contributed by atoms with E-state index in [2.05, 4.69) is 14.9 Å². The van der Waals surface area contributed by atoms with Gasteiger partial charge in [-0.1, -0.05) is 0 Å². The number of thiophene rings is 1. The number of nitrogen functional groups attached to an aromatic ring is 1. The van der Waals surface area contributed by atoms with Crippen LogP contribution < -0.4 is 5.73 Å². The number of aromatic nitrogens is 2. The average molecular weight is 266 g/mol. The molecule has 2 aromatic heterocycles. The summed E-state index contributed by atoms with van der Waals surface area (Å²) in [6.07, 6.45) is 0. The topological polar surface area (TPSA) is 85.2 Å². The lowest BCUT2D eigenvalue weighted by molar-refractivity contribution is 0.0734. The third-order valence-corrected chi connectivity index (χ3v) is 3.96. The van der Waals surface area contributed by atoms with Gasteiger partial charge in [0, 0.05) is 16.8 Å². The van der Waals surface area contributed by atoms with Crippen LogP contribution in [0.4, 0.5) is 5.82 Å². The zero-order valence-electron chi connectivity index (χ0n) is 10.4. The highest BCUT2D eigenvalue weighted by Crippen LogP contribution is 2.27. The number of carbonyl (C=O) groups is 1. The first kappa shape index (κ1) is 12.6. The van der Waals surface area contributed by atoms with E-state index in [-0.39, 0.29) is 23.5 Å². The highest BCUT2D eigenvalue weighted by molar-refractivity contribution is 7.12. The molecule has 96 valence electrons. The molecular weight excluding hydrogens is 252 g/mol. The van der Waals surface area contributed by atoms with Crippen molar-refractivity contribution in [1.82, 2.24) is 15.2 Å². The van der Waals surface area contributed by atoms with E-state index in [4.69, 9.17) is 5.73 Å². The van der Waals surface area contributed by atoms with Gasteiger partial charge in [-0.3, -0.25) is 4.79 Å². The van der Waals surface area contributed by atoms with Gasteiger partial charge in [-0.2, -0.15) is 0 Å². The minimum Gasteiger partial charge on any atom is -0.379 e. The van der Waals surface area contributed by atoms with Crippen LogP contribution in [-0.4, -0.2) is 28.2 Å². The van der Waals surface area contributed by atoms with E-state index in [0.717, 1.165) is 4.88 Å². The average Bonchev–Trinajstić information content (AvgIpc) is 2.95. The molecule has 18 heavy (non-hydrogen) atoms. The maximum absolute atomic E-state index is 12.1. The summed E-state index contributed by atoms with van der Waals surface area (Å²) in [6.45, 7) is 3.98. The molecule has 0 saturated heterocycles. The van der Waals surface area contributed by atoms with Crippen LogP contribution in [0.1, 0.15) is 33.2 Å².